The molecule has 6 nitrogen and oxygen atoms in total. The number of carbonyl (C=O) groups is 1. The van der Waals surface area contributed by atoms with Gasteiger partial charge in [-0.05, 0) is 37.5 Å². The maximum absolute atomic E-state index is 13.0. The van der Waals surface area contributed by atoms with Gasteiger partial charge in [0.15, 0.2) is 11.0 Å². The van der Waals surface area contributed by atoms with Gasteiger partial charge < -0.3 is 9.64 Å². The van der Waals surface area contributed by atoms with Crippen molar-refractivity contribution in [3.05, 3.63) is 60.2 Å². The summed E-state index contributed by atoms with van der Waals surface area (Å²) in [5, 5.41) is 9.89. The van der Waals surface area contributed by atoms with Crippen LogP contribution in [0.3, 0.4) is 0 Å². The number of aromatic nitrogens is 3. The normalized spacial score (nSPS) is 15.2. The molecule has 1 atom stereocenters. The molecule has 7 heteroatoms. The Balaban J connectivity index is 1.56. The van der Waals surface area contributed by atoms with Gasteiger partial charge in [-0.15, -0.1) is 10.2 Å². The third-order valence-electron chi connectivity index (χ3n) is 6.53. The summed E-state index contributed by atoms with van der Waals surface area (Å²) in [4.78, 5) is 14.8. The van der Waals surface area contributed by atoms with Crippen LogP contribution in [0.5, 0.6) is 5.75 Å². The van der Waals surface area contributed by atoms with Crippen LogP contribution < -0.4 is 4.74 Å². The van der Waals surface area contributed by atoms with E-state index < -0.39 is 0 Å². The predicted octanol–water partition coefficient (Wildman–Crippen LogP) is 5.77. The molecule has 0 aliphatic heterocycles. The van der Waals surface area contributed by atoms with Crippen LogP contribution in [-0.2, 0) is 4.79 Å². The fourth-order valence-electron chi connectivity index (χ4n) is 4.46. The second kappa shape index (κ2) is 10.9. The molecule has 0 radical (unpaired) electrons. The monoisotopic (exact) mass is 464 g/mol. The number of carbonyl (C=O) groups excluding carboxylic acids is 1. The zero-order valence-electron chi connectivity index (χ0n) is 19.6. The molecule has 33 heavy (non-hydrogen) atoms. The van der Waals surface area contributed by atoms with Crippen LogP contribution >= 0.6 is 11.8 Å². The topological polar surface area (TPSA) is 60.3 Å². The molecule has 0 bridgehead atoms. The summed E-state index contributed by atoms with van der Waals surface area (Å²) in [7, 11) is 3.55. The molecule has 0 unspecified atom stereocenters. The van der Waals surface area contributed by atoms with Crippen molar-refractivity contribution in [2.24, 2.45) is 0 Å². The quantitative estimate of drug-likeness (QED) is 0.396. The minimum Gasteiger partial charge on any atom is -0.496 e. The summed E-state index contributed by atoms with van der Waals surface area (Å²) in [6.45, 7) is 2.06. The lowest BCUT2D eigenvalue weighted by Gasteiger charge is -2.27. The van der Waals surface area contributed by atoms with Crippen LogP contribution in [0.1, 0.15) is 56.7 Å². The van der Waals surface area contributed by atoms with Crippen LogP contribution in [0.2, 0.25) is 0 Å². The largest absolute Gasteiger partial charge is 0.496 e. The summed E-state index contributed by atoms with van der Waals surface area (Å²) in [6.07, 6.45) is 5.88. The van der Waals surface area contributed by atoms with Crippen molar-refractivity contribution >= 4 is 17.7 Å². The first-order valence-electron chi connectivity index (χ1n) is 11.6. The van der Waals surface area contributed by atoms with Crippen molar-refractivity contribution in [2.75, 3.05) is 19.9 Å². The molecule has 3 aromatic rings. The van der Waals surface area contributed by atoms with Crippen LogP contribution in [0.25, 0.3) is 11.4 Å². The zero-order chi connectivity index (χ0) is 23.2. The highest BCUT2D eigenvalue weighted by Crippen LogP contribution is 2.38. The number of amides is 1. The van der Waals surface area contributed by atoms with Gasteiger partial charge in [0.25, 0.3) is 0 Å². The third kappa shape index (κ3) is 5.24. The molecule has 1 heterocycles. The maximum Gasteiger partial charge on any atom is 0.233 e. The number of para-hydroxylation sites is 1. The lowest BCUT2D eigenvalue weighted by Crippen LogP contribution is -2.31. The first-order valence-corrected chi connectivity index (χ1v) is 12.6. The summed E-state index contributed by atoms with van der Waals surface area (Å²) in [5.41, 5.74) is 2.06. The number of rotatable bonds is 8. The van der Waals surface area contributed by atoms with Crippen molar-refractivity contribution in [2.45, 2.75) is 56.3 Å². The fourth-order valence-corrected chi connectivity index (χ4v) is 5.39. The van der Waals surface area contributed by atoms with E-state index in [4.69, 9.17) is 4.74 Å². The molecule has 174 valence electrons. The Morgan fingerprint density at radius 1 is 1.09 bits per heavy atom. The van der Waals surface area contributed by atoms with E-state index in [0.717, 1.165) is 40.7 Å². The Morgan fingerprint density at radius 2 is 1.79 bits per heavy atom. The van der Waals surface area contributed by atoms with E-state index in [2.05, 4.69) is 33.8 Å². The number of methoxy groups -OCH3 is 1. The summed E-state index contributed by atoms with van der Waals surface area (Å²) in [5.74, 6) is 2.00. The lowest BCUT2D eigenvalue weighted by atomic mass is 9.95. The molecular formula is C26H32N4O2S. The van der Waals surface area contributed by atoms with E-state index in [0.29, 0.717) is 11.8 Å². The predicted molar refractivity (Wildman–Crippen MR) is 132 cm³/mol. The zero-order valence-corrected chi connectivity index (χ0v) is 20.4. The van der Waals surface area contributed by atoms with Gasteiger partial charge in [-0.2, -0.15) is 0 Å². The van der Waals surface area contributed by atoms with E-state index in [9.17, 15) is 4.79 Å². The van der Waals surface area contributed by atoms with Crippen LogP contribution in [-0.4, -0.2) is 45.5 Å². The average molecular weight is 465 g/mol. The standard InChI is InChI=1S/C26H32N4O2S/c1-19(20-12-6-4-7-13-20)29(2)24(31)18-33-26-28-27-25(22-16-10-11-17-23(22)32-3)30(26)21-14-8-5-9-15-21/h4,6-7,10-13,16-17,19,21H,5,8-9,14-15,18H2,1-3H3/t19-/m0/s1. The number of hydrogen-bond acceptors (Lipinski definition) is 5. The Bertz CT molecular complexity index is 1060. The number of thioether (sulfide) groups is 1. The smallest absolute Gasteiger partial charge is 0.233 e. The van der Waals surface area contributed by atoms with Crippen molar-refractivity contribution in [3.8, 4) is 17.1 Å². The SMILES string of the molecule is COc1ccccc1-c1nnc(SCC(=O)N(C)[C@@H](C)c2ccccc2)n1C1CCCCC1. The van der Waals surface area contributed by atoms with Crippen LogP contribution in [0.4, 0.5) is 0 Å². The molecule has 0 N–H and O–H groups in total. The first-order chi connectivity index (χ1) is 16.1. The van der Waals surface area contributed by atoms with E-state index in [1.807, 2.05) is 54.4 Å². The Labute approximate surface area is 200 Å². The van der Waals surface area contributed by atoms with Crippen molar-refractivity contribution in [1.82, 2.24) is 19.7 Å². The number of benzene rings is 2. The van der Waals surface area contributed by atoms with Crippen LogP contribution in [0, 0.1) is 0 Å². The van der Waals surface area contributed by atoms with Gasteiger partial charge in [-0.3, -0.25) is 9.36 Å². The highest BCUT2D eigenvalue weighted by molar-refractivity contribution is 7.99. The Kier molecular flexibility index (Phi) is 7.70. The fraction of sp³-hybridized carbons (Fsp3) is 0.423. The molecule has 1 aliphatic rings. The first kappa shape index (κ1) is 23.4. The Morgan fingerprint density at radius 3 is 2.52 bits per heavy atom. The number of nitrogens with zero attached hydrogens (tertiary/aromatic N) is 4. The molecular weight excluding hydrogens is 432 g/mol. The molecule has 0 spiro atoms. The molecule has 2 aromatic carbocycles. The molecule has 4 rings (SSSR count). The summed E-state index contributed by atoms with van der Waals surface area (Å²) < 4.78 is 7.85. The van der Waals surface area contributed by atoms with Crippen molar-refractivity contribution < 1.29 is 9.53 Å². The van der Waals surface area contributed by atoms with E-state index in [-0.39, 0.29) is 11.9 Å². The van der Waals surface area contributed by atoms with Gasteiger partial charge in [0.05, 0.1) is 24.5 Å². The van der Waals surface area contributed by atoms with Crippen molar-refractivity contribution in [3.63, 3.8) is 0 Å². The lowest BCUT2D eigenvalue weighted by molar-refractivity contribution is -0.128. The maximum atomic E-state index is 13.0. The molecule has 1 fully saturated rings. The molecule has 1 aromatic heterocycles. The van der Waals surface area contributed by atoms with Gasteiger partial charge in [-0.1, -0.05) is 73.5 Å². The van der Waals surface area contributed by atoms with E-state index in [1.165, 1.54) is 31.0 Å². The van der Waals surface area contributed by atoms with Crippen molar-refractivity contribution in [1.29, 1.82) is 0 Å². The number of hydrogen-bond donors (Lipinski definition) is 0. The van der Waals surface area contributed by atoms with Gasteiger partial charge in [0.2, 0.25) is 5.91 Å². The average Bonchev–Trinajstić information content (AvgIpc) is 3.31. The molecule has 0 saturated heterocycles. The second-order valence-corrected chi connectivity index (χ2v) is 9.49. The highest BCUT2D eigenvalue weighted by atomic mass is 32.2. The van der Waals surface area contributed by atoms with E-state index >= 15 is 0 Å². The summed E-state index contributed by atoms with van der Waals surface area (Å²) in [6, 6.07) is 18.4. The van der Waals surface area contributed by atoms with E-state index in [1.54, 1.807) is 7.11 Å². The molecule has 1 saturated carbocycles. The molecule has 1 amide bonds. The number of ether oxygens (including phenoxy) is 1. The Hall–Kier alpha value is -2.80. The second-order valence-electron chi connectivity index (χ2n) is 8.55. The van der Waals surface area contributed by atoms with Gasteiger partial charge >= 0.3 is 0 Å². The van der Waals surface area contributed by atoms with Crippen LogP contribution in [0.15, 0.2) is 59.8 Å². The van der Waals surface area contributed by atoms with Gasteiger partial charge in [-0.25, -0.2) is 0 Å². The summed E-state index contributed by atoms with van der Waals surface area (Å²) >= 11 is 1.48. The minimum absolute atomic E-state index is 0.0136. The highest BCUT2D eigenvalue weighted by Gasteiger charge is 2.26. The van der Waals surface area contributed by atoms with Gasteiger partial charge in [0.1, 0.15) is 5.75 Å². The minimum atomic E-state index is 0.0136. The van der Waals surface area contributed by atoms with Gasteiger partial charge in [0, 0.05) is 13.1 Å². The third-order valence-corrected chi connectivity index (χ3v) is 7.46. The molecule has 1 aliphatic carbocycles.